The van der Waals surface area contributed by atoms with Crippen molar-refractivity contribution in [2.24, 2.45) is 0 Å². The first-order valence-electron chi connectivity index (χ1n) is 9.71. The van der Waals surface area contributed by atoms with Gasteiger partial charge in [-0.3, -0.25) is 0 Å². The van der Waals surface area contributed by atoms with E-state index in [9.17, 15) is 0 Å². The van der Waals surface area contributed by atoms with Gasteiger partial charge in [0.1, 0.15) is 11.5 Å². The molecule has 144 valence electrons. The van der Waals surface area contributed by atoms with Crippen molar-refractivity contribution >= 4 is 11.1 Å². The first-order chi connectivity index (χ1) is 13.6. The molecule has 0 aliphatic heterocycles. The number of ether oxygens (including phenoxy) is 2. The van der Waals surface area contributed by atoms with Gasteiger partial charge < -0.3 is 9.47 Å². The summed E-state index contributed by atoms with van der Waals surface area (Å²) in [4.78, 5) is 0. The van der Waals surface area contributed by atoms with Crippen molar-refractivity contribution in [3.05, 3.63) is 95.1 Å². The fourth-order valence-electron chi connectivity index (χ4n) is 3.47. The van der Waals surface area contributed by atoms with Gasteiger partial charge in [0.15, 0.2) is 0 Å². The lowest BCUT2D eigenvalue weighted by atomic mass is 9.88. The Hall–Kier alpha value is -3.00. The van der Waals surface area contributed by atoms with Crippen LogP contribution in [0.3, 0.4) is 0 Å². The van der Waals surface area contributed by atoms with Crippen molar-refractivity contribution in [1.29, 1.82) is 0 Å². The van der Waals surface area contributed by atoms with Gasteiger partial charge in [-0.15, -0.1) is 0 Å². The molecular formula is C26H28O2. The van der Waals surface area contributed by atoms with Crippen molar-refractivity contribution in [3.8, 4) is 11.5 Å². The molecule has 0 atom stereocenters. The maximum Gasteiger partial charge on any atom is 0.118 e. The van der Waals surface area contributed by atoms with Crippen LogP contribution in [0.25, 0.3) is 11.1 Å². The van der Waals surface area contributed by atoms with Crippen molar-refractivity contribution in [3.63, 3.8) is 0 Å². The van der Waals surface area contributed by atoms with Gasteiger partial charge in [-0.25, -0.2) is 0 Å². The molecule has 0 aliphatic carbocycles. The molecule has 2 heteroatoms. The standard InChI is InChI=1S/C26H28O2/c1-5-25(21-10-6-19(2)7-11-21)26(22-12-16-24(28-4)17-13-22)18-20-8-14-23(27-3)15-9-20/h6-17H,5,18H2,1-4H3/b26-25-. The van der Waals surface area contributed by atoms with E-state index in [1.165, 1.54) is 33.4 Å². The second kappa shape index (κ2) is 9.27. The van der Waals surface area contributed by atoms with Crippen LogP contribution in [0.1, 0.15) is 35.6 Å². The number of benzene rings is 3. The van der Waals surface area contributed by atoms with Crippen LogP contribution < -0.4 is 9.47 Å². The van der Waals surface area contributed by atoms with Crippen LogP contribution in [0.2, 0.25) is 0 Å². The van der Waals surface area contributed by atoms with E-state index in [0.29, 0.717) is 0 Å². The van der Waals surface area contributed by atoms with Crippen LogP contribution in [0.4, 0.5) is 0 Å². The summed E-state index contributed by atoms with van der Waals surface area (Å²) in [7, 11) is 3.40. The average molecular weight is 373 g/mol. The summed E-state index contributed by atoms with van der Waals surface area (Å²) < 4.78 is 10.7. The molecule has 0 fully saturated rings. The van der Waals surface area contributed by atoms with Crippen molar-refractivity contribution in [1.82, 2.24) is 0 Å². The van der Waals surface area contributed by atoms with E-state index in [4.69, 9.17) is 9.47 Å². The summed E-state index contributed by atoms with van der Waals surface area (Å²) in [5.41, 5.74) is 7.78. The van der Waals surface area contributed by atoms with E-state index in [2.05, 4.69) is 62.4 Å². The molecule has 28 heavy (non-hydrogen) atoms. The molecular weight excluding hydrogens is 344 g/mol. The van der Waals surface area contributed by atoms with E-state index >= 15 is 0 Å². The maximum atomic E-state index is 5.35. The summed E-state index contributed by atoms with van der Waals surface area (Å²) >= 11 is 0. The molecule has 0 aromatic heterocycles. The van der Waals surface area contributed by atoms with E-state index in [1.54, 1.807) is 14.2 Å². The van der Waals surface area contributed by atoms with Crippen LogP contribution in [0, 0.1) is 6.92 Å². The Balaban J connectivity index is 2.08. The number of hydrogen-bond acceptors (Lipinski definition) is 2. The molecule has 0 N–H and O–H groups in total. The summed E-state index contributed by atoms with van der Waals surface area (Å²) in [6, 6.07) is 25.5. The lowest BCUT2D eigenvalue weighted by Gasteiger charge is -2.17. The molecule has 2 nitrogen and oxygen atoms in total. The number of aryl methyl sites for hydroxylation is 1. The fraction of sp³-hybridized carbons (Fsp3) is 0.231. The zero-order valence-corrected chi connectivity index (χ0v) is 17.2. The van der Waals surface area contributed by atoms with Crippen LogP contribution in [0.5, 0.6) is 11.5 Å². The molecule has 0 aliphatic rings. The first-order valence-corrected chi connectivity index (χ1v) is 9.71. The predicted octanol–water partition coefficient (Wildman–Crippen LogP) is 6.58. The molecule has 0 saturated heterocycles. The normalized spacial score (nSPS) is 11.7. The van der Waals surface area contributed by atoms with Gasteiger partial charge in [0.2, 0.25) is 0 Å². The molecule has 3 aromatic rings. The maximum absolute atomic E-state index is 5.35. The number of hydrogen-bond donors (Lipinski definition) is 0. The SMILES string of the molecule is CC/C(=C(\Cc1ccc(OC)cc1)c1ccc(OC)cc1)c1ccc(C)cc1. The van der Waals surface area contributed by atoms with Crippen LogP contribution >= 0.6 is 0 Å². The molecule has 3 rings (SSSR count). The highest BCUT2D eigenvalue weighted by molar-refractivity contribution is 5.91. The number of rotatable bonds is 7. The minimum atomic E-state index is 0.868. The lowest BCUT2D eigenvalue weighted by Crippen LogP contribution is -1.97. The number of allylic oxidation sites excluding steroid dienone is 2. The summed E-state index contributed by atoms with van der Waals surface area (Å²) in [5.74, 6) is 1.76. The Morgan fingerprint density at radius 2 is 1.11 bits per heavy atom. The topological polar surface area (TPSA) is 18.5 Å². The van der Waals surface area contributed by atoms with Crippen LogP contribution in [-0.4, -0.2) is 14.2 Å². The molecule has 0 heterocycles. The Bertz CT molecular complexity index is 918. The van der Waals surface area contributed by atoms with Gasteiger partial charge in [-0.2, -0.15) is 0 Å². The highest BCUT2D eigenvalue weighted by atomic mass is 16.5. The molecule has 0 spiro atoms. The third kappa shape index (κ3) is 4.64. The molecule has 0 bridgehead atoms. The van der Waals surface area contributed by atoms with Gasteiger partial charge in [-0.05, 0) is 71.9 Å². The zero-order valence-electron chi connectivity index (χ0n) is 17.2. The smallest absolute Gasteiger partial charge is 0.118 e. The van der Waals surface area contributed by atoms with E-state index in [-0.39, 0.29) is 0 Å². The Morgan fingerprint density at radius 1 is 0.643 bits per heavy atom. The third-order valence-electron chi connectivity index (χ3n) is 5.10. The molecule has 0 radical (unpaired) electrons. The largest absolute Gasteiger partial charge is 0.497 e. The molecule has 0 amide bonds. The number of methoxy groups -OCH3 is 2. The quantitative estimate of drug-likeness (QED) is 0.436. The van der Waals surface area contributed by atoms with Crippen molar-refractivity contribution in [2.75, 3.05) is 14.2 Å². The minimum absolute atomic E-state index is 0.868. The first kappa shape index (κ1) is 19.8. The Labute approximate surface area is 168 Å². The van der Waals surface area contributed by atoms with Gasteiger partial charge in [0.05, 0.1) is 14.2 Å². The second-order valence-electron chi connectivity index (χ2n) is 6.93. The average Bonchev–Trinajstić information content (AvgIpc) is 2.75. The van der Waals surface area contributed by atoms with Crippen LogP contribution in [0.15, 0.2) is 72.8 Å². The molecule has 0 saturated carbocycles. The minimum Gasteiger partial charge on any atom is -0.497 e. The molecule has 0 unspecified atom stereocenters. The Morgan fingerprint density at radius 3 is 1.61 bits per heavy atom. The van der Waals surface area contributed by atoms with Gasteiger partial charge >= 0.3 is 0 Å². The fourth-order valence-corrected chi connectivity index (χ4v) is 3.47. The zero-order chi connectivity index (χ0) is 19.9. The van der Waals surface area contributed by atoms with Gasteiger partial charge in [0, 0.05) is 0 Å². The summed E-state index contributed by atoms with van der Waals surface area (Å²) in [6.45, 7) is 4.35. The van der Waals surface area contributed by atoms with Crippen LogP contribution in [-0.2, 0) is 6.42 Å². The summed E-state index contributed by atoms with van der Waals surface area (Å²) in [5, 5.41) is 0. The van der Waals surface area contributed by atoms with Crippen molar-refractivity contribution < 1.29 is 9.47 Å². The highest BCUT2D eigenvalue weighted by Gasteiger charge is 2.12. The van der Waals surface area contributed by atoms with Gasteiger partial charge in [0.25, 0.3) is 0 Å². The summed E-state index contributed by atoms with van der Waals surface area (Å²) in [6.07, 6.45) is 1.84. The van der Waals surface area contributed by atoms with E-state index in [1.807, 2.05) is 24.3 Å². The second-order valence-corrected chi connectivity index (χ2v) is 6.93. The Kier molecular flexibility index (Phi) is 6.54. The molecule has 3 aromatic carbocycles. The third-order valence-corrected chi connectivity index (χ3v) is 5.10. The van der Waals surface area contributed by atoms with E-state index < -0.39 is 0 Å². The highest BCUT2D eigenvalue weighted by Crippen LogP contribution is 2.33. The monoisotopic (exact) mass is 372 g/mol. The predicted molar refractivity (Wildman–Crippen MR) is 118 cm³/mol. The van der Waals surface area contributed by atoms with Crippen molar-refractivity contribution in [2.45, 2.75) is 26.7 Å². The lowest BCUT2D eigenvalue weighted by molar-refractivity contribution is 0.414. The van der Waals surface area contributed by atoms with Gasteiger partial charge in [-0.1, -0.05) is 61.0 Å². The van der Waals surface area contributed by atoms with E-state index in [0.717, 1.165) is 24.3 Å².